The van der Waals surface area contributed by atoms with Crippen LogP contribution in [0.15, 0.2) is 0 Å². The molecule has 1 rings (SSSR count). The van der Waals surface area contributed by atoms with Gasteiger partial charge in [-0.3, -0.25) is 4.79 Å². The van der Waals surface area contributed by atoms with Crippen LogP contribution in [-0.4, -0.2) is 18.5 Å². The summed E-state index contributed by atoms with van der Waals surface area (Å²) in [5.74, 6) is 0.359. The van der Waals surface area contributed by atoms with Gasteiger partial charge in [0.05, 0.1) is 6.10 Å². The van der Waals surface area contributed by atoms with Crippen LogP contribution in [0.5, 0.6) is 0 Å². The van der Waals surface area contributed by atoms with E-state index in [1.807, 2.05) is 6.92 Å². The molecular weight excluding hydrogens is 176 g/mol. The highest BCUT2D eigenvalue weighted by atomic mass is 16.5. The van der Waals surface area contributed by atoms with Crippen LogP contribution in [0.25, 0.3) is 0 Å². The Hall–Kier alpha value is -0.370. The molecule has 0 aromatic heterocycles. The minimum absolute atomic E-state index is 0.359. The third-order valence-electron chi connectivity index (χ3n) is 2.90. The highest BCUT2D eigenvalue weighted by molar-refractivity contribution is 5.77. The molecule has 1 aliphatic carbocycles. The van der Waals surface area contributed by atoms with Crippen molar-refractivity contribution in [3.8, 4) is 0 Å². The smallest absolute Gasteiger partial charge is 0.132 e. The van der Waals surface area contributed by atoms with Gasteiger partial charge in [0.25, 0.3) is 0 Å². The quantitative estimate of drug-likeness (QED) is 0.613. The van der Waals surface area contributed by atoms with Crippen molar-refractivity contribution in [1.29, 1.82) is 0 Å². The molecule has 1 aliphatic rings. The number of carbonyl (C=O) groups is 1. The Balaban J connectivity index is 1.94. The second-order valence-electron chi connectivity index (χ2n) is 4.13. The van der Waals surface area contributed by atoms with Crippen LogP contribution in [0.4, 0.5) is 0 Å². The fourth-order valence-corrected chi connectivity index (χ4v) is 1.93. The van der Waals surface area contributed by atoms with E-state index in [0.29, 0.717) is 24.7 Å². The predicted molar refractivity (Wildman–Crippen MR) is 57.4 cm³/mol. The summed E-state index contributed by atoms with van der Waals surface area (Å²) in [6, 6.07) is 0. The van der Waals surface area contributed by atoms with Crippen LogP contribution in [0.2, 0.25) is 0 Å². The predicted octanol–water partition coefficient (Wildman–Crippen LogP) is 3.10. The van der Waals surface area contributed by atoms with Gasteiger partial charge in [0.15, 0.2) is 0 Å². The van der Waals surface area contributed by atoms with E-state index in [-0.39, 0.29) is 0 Å². The lowest BCUT2D eigenvalue weighted by Crippen LogP contribution is -2.17. The maximum atomic E-state index is 11.0. The Morgan fingerprint density at radius 1 is 1.29 bits per heavy atom. The summed E-state index contributed by atoms with van der Waals surface area (Å²) in [5.41, 5.74) is 0. The zero-order chi connectivity index (χ0) is 10.2. The standard InChI is InChI=1S/C12H22O2/c1-2-11(13)7-6-10-14-12-8-4-3-5-9-12/h12H,2-10H2,1H3. The molecule has 2 heteroatoms. The van der Waals surface area contributed by atoms with E-state index in [0.717, 1.165) is 13.0 Å². The first-order valence-electron chi connectivity index (χ1n) is 5.96. The van der Waals surface area contributed by atoms with Crippen LogP contribution in [-0.2, 0) is 9.53 Å². The first kappa shape index (κ1) is 11.7. The van der Waals surface area contributed by atoms with E-state index in [2.05, 4.69) is 0 Å². The molecule has 0 aromatic carbocycles. The van der Waals surface area contributed by atoms with E-state index in [4.69, 9.17) is 4.74 Å². The first-order valence-corrected chi connectivity index (χ1v) is 5.96. The molecule has 0 spiro atoms. The van der Waals surface area contributed by atoms with Gasteiger partial charge in [-0.2, -0.15) is 0 Å². The Kier molecular flexibility index (Phi) is 5.85. The lowest BCUT2D eigenvalue weighted by Gasteiger charge is -2.21. The van der Waals surface area contributed by atoms with Gasteiger partial charge in [-0.05, 0) is 19.3 Å². The Labute approximate surface area is 87.0 Å². The molecule has 14 heavy (non-hydrogen) atoms. The van der Waals surface area contributed by atoms with E-state index in [9.17, 15) is 4.79 Å². The van der Waals surface area contributed by atoms with Crippen molar-refractivity contribution in [3.63, 3.8) is 0 Å². The third kappa shape index (κ3) is 4.75. The summed E-state index contributed by atoms with van der Waals surface area (Å²) < 4.78 is 5.73. The number of hydrogen-bond donors (Lipinski definition) is 0. The zero-order valence-corrected chi connectivity index (χ0v) is 9.26. The van der Waals surface area contributed by atoms with Gasteiger partial charge in [-0.1, -0.05) is 26.2 Å². The number of hydrogen-bond acceptors (Lipinski definition) is 2. The average molecular weight is 198 g/mol. The van der Waals surface area contributed by atoms with Crippen LogP contribution in [0.3, 0.4) is 0 Å². The summed E-state index contributed by atoms with van der Waals surface area (Å²) in [7, 11) is 0. The molecule has 82 valence electrons. The molecular formula is C12H22O2. The van der Waals surface area contributed by atoms with Crippen molar-refractivity contribution < 1.29 is 9.53 Å². The molecule has 0 aromatic rings. The summed E-state index contributed by atoms with van der Waals surface area (Å²) in [4.78, 5) is 11.0. The number of rotatable bonds is 6. The highest BCUT2D eigenvalue weighted by Gasteiger charge is 2.13. The Morgan fingerprint density at radius 3 is 2.64 bits per heavy atom. The average Bonchev–Trinajstić information content (AvgIpc) is 2.25. The van der Waals surface area contributed by atoms with Crippen molar-refractivity contribution in [1.82, 2.24) is 0 Å². The summed E-state index contributed by atoms with van der Waals surface area (Å²) in [6.45, 7) is 2.70. The number of ether oxygens (including phenoxy) is 1. The van der Waals surface area contributed by atoms with Crippen molar-refractivity contribution in [2.45, 2.75) is 64.4 Å². The van der Waals surface area contributed by atoms with E-state index in [1.165, 1.54) is 32.1 Å². The monoisotopic (exact) mass is 198 g/mol. The van der Waals surface area contributed by atoms with Gasteiger partial charge in [-0.25, -0.2) is 0 Å². The van der Waals surface area contributed by atoms with Crippen molar-refractivity contribution in [2.24, 2.45) is 0 Å². The topological polar surface area (TPSA) is 26.3 Å². The van der Waals surface area contributed by atoms with Gasteiger partial charge in [0, 0.05) is 19.4 Å². The van der Waals surface area contributed by atoms with Crippen LogP contribution in [0.1, 0.15) is 58.3 Å². The Bertz CT molecular complexity index is 160. The largest absolute Gasteiger partial charge is 0.378 e. The molecule has 0 heterocycles. The molecule has 2 nitrogen and oxygen atoms in total. The molecule has 0 saturated heterocycles. The van der Waals surface area contributed by atoms with Crippen LogP contribution < -0.4 is 0 Å². The van der Waals surface area contributed by atoms with Crippen molar-refractivity contribution in [2.75, 3.05) is 6.61 Å². The zero-order valence-electron chi connectivity index (χ0n) is 9.26. The molecule has 0 bridgehead atoms. The van der Waals surface area contributed by atoms with Gasteiger partial charge >= 0.3 is 0 Å². The molecule has 0 unspecified atom stereocenters. The second kappa shape index (κ2) is 6.99. The fraction of sp³-hybridized carbons (Fsp3) is 0.917. The summed E-state index contributed by atoms with van der Waals surface area (Å²) in [5, 5.41) is 0. The summed E-state index contributed by atoms with van der Waals surface area (Å²) in [6.07, 6.45) is 9.21. The third-order valence-corrected chi connectivity index (χ3v) is 2.90. The Morgan fingerprint density at radius 2 is 2.00 bits per heavy atom. The highest BCUT2D eigenvalue weighted by Crippen LogP contribution is 2.20. The molecule has 1 saturated carbocycles. The van der Waals surface area contributed by atoms with Crippen LogP contribution >= 0.6 is 0 Å². The van der Waals surface area contributed by atoms with E-state index >= 15 is 0 Å². The minimum atomic E-state index is 0.359. The molecule has 0 aliphatic heterocycles. The van der Waals surface area contributed by atoms with Crippen molar-refractivity contribution in [3.05, 3.63) is 0 Å². The van der Waals surface area contributed by atoms with Gasteiger partial charge < -0.3 is 4.74 Å². The lowest BCUT2D eigenvalue weighted by atomic mass is 9.98. The second-order valence-corrected chi connectivity index (χ2v) is 4.13. The minimum Gasteiger partial charge on any atom is -0.378 e. The fourth-order valence-electron chi connectivity index (χ4n) is 1.93. The van der Waals surface area contributed by atoms with Gasteiger partial charge in [0.1, 0.15) is 5.78 Å². The maximum Gasteiger partial charge on any atom is 0.132 e. The van der Waals surface area contributed by atoms with E-state index < -0.39 is 0 Å². The molecule has 0 atom stereocenters. The number of carbonyl (C=O) groups excluding carboxylic acids is 1. The maximum absolute atomic E-state index is 11.0. The molecule has 0 radical (unpaired) electrons. The first-order chi connectivity index (χ1) is 6.83. The van der Waals surface area contributed by atoms with Crippen LogP contribution in [0, 0.1) is 0 Å². The molecule has 1 fully saturated rings. The SMILES string of the molecule is CCC(=O)CCCOC1CCCCC1. The van der Waals surface area contributed by atoms with Crippen molar-refractivity contribution >= 4 is 5.78 Å². The normalized spacial score (nSPS) is 18.4. The number of Topliss-reactive ketones (excluding diaryl/α,β-unsaturated/α-hetero) is 1. The molecule has 0 N–H and O–H groups in total. The van der Waals surface area contributed by atoms with Gasteiger partial charge in [-0.15, -0.1) is 0 Å². The summed E-state index contributed by atoms with van der Waals surface area (Å²) >= 11 is 0. The lowest BCUT2D eigenvalue weighted by molar-refractivity contribution is -0.119. The van der Waals surface area contributed by atoms with Gasteiger partial charge in [0.2, 0.25) is 0 Å². The van der Waals surface area contributed by atoms with E-state index in [1.54, 1.807) is 0 Å². The molecule has 0 amide bonds. The number of ketones is 1.